The maximum absolute atomic E-state index is 6.75. The van der Waals surface area contributed by atoms with E-state index in [2.05, 4.69) is 120 Å². The van der Waals surface area contributed by atoms with Crippen LogP contribution in [0.3, 0.4) is 0 Å². The third-order valence-electron chi connectivity index (χ3n) is 9.38. The Kier molecular flexibility index (Phi) is 6.91. The minimum Gasteiger partial charge on any atom is -0.0616 e. The number of hydrogen-bond donors (Lipinski definition) is 0. The van der Waals surface area contributed by atoms with Gasteiger partial charge in [0.15, 0.2) is 0 Å². The van der Waals surface area contributed by atoms with Crippen molar-refractivity contribution < 1.29 is 25.6 Å². The van der Waals surface area contributed by atoms with Gasteiger partial charge < -0.3 is 0 Å². The second kappa shape index (κ2) is 11.9. The number of fused-ring (bicyclic) bond motifs is 6. The first-order valence-corrected chi connectivity index (χ1v) is 18.7. The van der Waals surface area contributed by atoms with Gasteiger partial charge in [0.1, 0.15) is 0 Å². The Balaban J connectivity index is 1.21. The molecule has 0 spiro atoms. The third-order valence-corrected chi connectivity index (χ3v) is 12.4. The van der Waals surface area contributed by atoms with E-state index < -0.39 is 0 Å². The first kappa shape index (κ1) is 29.0. The molecule has 236 valence electrons. The second-order valence-corrected chi connectivity index (χ2v) is 15.2. The molecule has 0 unspecified atom stereocenters. The van der Waals surface area contributed by atoms with Crippen molar-refractivity contribution in [3.05, 3.63) is 171 Å². The number of furan rings is 1. The summed E-state index contributed by atoms with van der Waals surface area (Å²) in [5.74, 6) is 0.616. The van der Waals surface area contributed by atoms with E-state index in [0.29, 0.717) is 5.82 Å². The van der Waals surface area contributed by atoms with Crippen LogP contribution in [0, 0.1) is 7.14 Å². The molecule has 0 radical (unpaired) electrons. The molecule has 10 rings (SSSR count). The quantitative estimate of drug-likeness (QED) is 0.167. The van der Waals surface area contributed by atoms with Crippen molar-refractivity contribution >= 4 is 21.9 Å². The van der Waals surface area contributed by atoms with Crippen LogP contribution >= 0.6 is 0 Å². The zero-order chi connectivity index (χ0) is 33.0. The molecule has 0 bridgehead atoms. The number of para-hydroxylation sites is 1. The summed E-state index contributed by atoms with van der Waals surface area (Å²) in [6, 6.07) is 53.3. The Morgan fingerprint density at radius 2 is 1.18 bits per heavy atom. The zero-order valence-corrected chi connectivity index (χ0v) is 28.9. The van der Waals surface area contributed by atoms with Crippen LogP contribution in [0.15, 0.2) is 168 Å². The molecule has 1 aliphatic heterocycles. The predicted molar refractivity (Wildman–Crippen MR) is 197 cm³/mol. The summed E-state index contributed by atoms with van der Waals surface area (Å²) in [6.45, 7) is 0. The molecular weight excluding hydrogens is 725 g/mol. The van der Waals surface area contributed by atoms with E-state index in [1.165, 1.54) is 23.8 Å². The number of pyridine rings is 1. The molecule has 0 saturated carbocycles. The van der Waals surface area contributed by atoms with Crippen molar-refractivity contribution in [2.75, 3.05) is 0 Å². The Hall–Kier alpha value is -5.92. The maximum atomic E-state index is 6.75. The topological polar surface area (TPSA) is 51.8 Å². The molecule has 3 aromatic heterocycles. The van der Waals surface area contributed by atoms with E-state index >= 15 is 0 Å². The third kappa shape index (κ3) is 4.84. The van der Waals surface area contributed by atoms with Gasteiger partial charge in [0.05, 0.1) is 0 Å². The Bertz CT molecular complexity index is 2740. The smallest absolute Gasteiger partial charge is 0.0528 e. The van der Waals surface area contributed by atoms with Crippen LogP contribution in [0.5, 0.6) is 0 Å². The van der Waals surface area contributed by atoms with Crippen LogP contribution in [0.1, 0.15) is 0 Å². The van der Waals surface area contributed by atoms with Crippen molar-refractivity contribution in [1.82, 2.24) is 15.0 Å². The first-order valence-electron chi connectivity index (χ1n) is 16.6. The fraction of sp³-hybridized carbons (Fsp3) is 0. The Morgan fingerprint density at radius 1 is 0.460 bits per heavy atom. The molecule has 4 heterocycles. The second-order valence-electron chi connectivity index (χ2n) is 12.3. The van der Waals surface area contributed by atoms with Crippen molar-refractivity contribution in [3.63, 3.8) is 0 Å². The number of benzene rings is 6. The van der Waals surface area contributed by atoms with Gasteiger partial charge in [-0.3, -0.25) is 4.98 Å². The van der Waals surface area contributed by atoms with Gasteiger partial charge in [-0.15, -0.1) is 0 Å². The molecular formula is C45H27IN3O-. The Labute approximate surface area is 299 Å². The number of hydrogen-bond acceptors (Lipinski definition) is 4. The van der Waals surface area contributed by atoms with Crippen molar-refractivity contribution in [1.29, 1.82) is 0 Å². The van der Waals surface area contributed by atoms with Gasteiger partial charge in [0.25, 0.3) is 0 Å². The van der Waals surface area contributed by atoms with Crippen LogP contribution < -0.4 is 21.2 Å². The SMILES string of the molecule is c1ccc(-c2cc(-c3ccccc3-c3cccnc3)nc(-c3ccc(-c4ccc5c(c4)-c4ccccc4[I-]5)c4c3oc3ccccc34)n2)cc1. The standard InChI is InChI=1S/C45H27IN3O/c1-2-11-28(12-3-1)40-26-41(34-16-5-4-14-31(34)30-13-10-24-47-27-30)49-45(48-40)36-22-21-32(43-35-17-7-9-19-42(35)50-44(36)43)29-20-23-39-37(25-29)33-15-6-8-18-38(33)46-39/h1-27H/q-1. The van der Waals surface area contributed by atoms with Gasteiger partial charge in [-0.05, 0) is 11.6 Å². The monoisotopic (exact) mass is 752 g/mol. The molecule has 0 atom stereocenters. The van der Waals surface area contributed by atoms with E-state index in [1.54, 1.807) is 6.20 Å². The summed E-state index contributed by atoms with van der Waals surface area (Å²) >= 11 is -0.173. The van der Waals surface area contributed by atoms with E-state index in [0.717, 1.165) is 66.7 Å². The predicted octanol–water partition coefficient (Wildman–Crippen LogP) is 8.21. The van der Waals surface area contributed by atoms with Crippen molar-refractivity contribution in [3.8, 4) is 67.3 Å². The minimum atomic E-state index is -0.173. The number of rotatable bonds is 5. The van der Waals surface area contributed by atoms with Crippen molar-refractivity contribution in [2.24, 2.45) is 0 Å². The molecule has 0 N–H and O–H groups in total. The zero-order valence-electron chi connectivity index (χ0n) is 26.7. The summed E-state index contributed by atoms with van der Waals surface area (Å²) in [5.41, 5.74) is 13.3. The minimum absolute atomic E-state index is 0.173. The van der Waals surface area contributed by atoms with Crippen LogP contribution in [0.4, 0.5) is 0 Å². The summed E-state index contributed by atoms with van der Waals surface area (Å²) in [4.78, 5) is 14.9. The number of nitrogens with zero attached hydrogens (tertiary/aromatic N) is 3. The van der Waals surface area contributed by atoms with Gasteiger partial charge in [-0.1, -0.05) is 60.7 Å². The molecule has 0 amide bonds. The average Bonchev–Trinajstić information content (AvgIpc) is 3.77. The first-order chi connectivity index (χ1) is 24.8. The van der Waals surface area contributed by atoms with Gasteiger partial charge >= 0.3 is 206 Å². The normalized spacial score (nSPS) is 12.1. The van der Waals surface area contributed by atoms with Crippen LogP contribution in [-0.4, -0.2) is 15.0 Å². The molecule has 4 nitrogen and oxygen atoms in total. The summed E-state index contributed by atoms with van der Waals surface area (Å²) < 4.78 is 9.72. The summed E-state index contributed by atoms with van der Waals surface area (Å²) in [6.07, 6.45) is 3.70. The Morgan fingerprint density at radius 3 is 2.06 bits per heavy atom. The molecule has 0 fully saturated rings. The van der Waals surface area contributed by atoms with Crippen LogP contribution in [0.2, 0.25) is 0 Å². The van der Waals surface area contributed by atoms with E-state index in [1.807, 2.05) is 42.6 Å². The average molecular weight is 753 g/mol. The summed E-state index contributed by atoms with van der Waals surface area (Å²) in [5, 5.41) is 2.15. The number of aromatic nitrogens is 3. The van der Waals surface area contributed by atoms with Crippen molar-refractivity contribution in [2.45, 2.75) is 0 Å². The van der Waals surface area contributed by atoms with Crippen LogP contribution in [0.25, 0.3) is 89.2 Å². The van der Waals surface area contributed by atoms with Gasteiger partial charge in [0.2, 0.25) is 0 Å². The molecule has 9 aromatic rings. The molecule has 5 heteroatoms. The maximum Gasteiger partial charge on any atom is -0.0528 e. The van der Waals surface area contributed by atoms with Gasteiger partial charge in [-0.2, -0.15) is 0 Å². The fourth-order valence-corrected chi connectivity index (χ4v) is 9.91. The van der Waals surface area contributed by atoms with Crippen LogP contribution in [-0.2, 0) is 0 Å². The molecule has 1 aliphatic rings. The fourth-order valence-electron chi connectivity index (χ4n) is 7.04. The molecule has 0 aliphatic carbocycles. The van der Waals surface area contributed by atoms with Gasteiger partial charge in [-0.25, -0.2) is 0 Å². The van der Waals surface area contributed by atoms with E-state index in [-0.39, 0.29) is 21.2 Å². The number of halogens is 1. The summed E-state index contributed by atoms with van der Waals surface area (Å²) in [7, 11) is 0. The molecule has 0 saturated heterocycles. The van der Waals surface area contributed by atoms with E-state index in [9.17, 15) is 0 Å². The molecule has 6 aromatic carbocycles. The largest absolute Gasteiger partial charge is 0.0616 e. The van der Waals surface area contributed by atoms with Gasteiger partial charge in [0, 0.05) is 18.0 Å². The molecule has 50 heavy (non-hydrogen) atoms. The van der Waals surface area contributed by atoms with E-state index in [4.69, 9.17) is 14.4 Å².